The first-order valence-electron chi connectivity index (χ1n) is 9.25. The summed E-state index contributed by atoms with van der Waals surface area (Å²) in [6.07, 6.45) is 6.32. The second-order valence-corrected chi connectivity index (χ2v) is 6.60. The molecule has 1 heterocycles. The SMILES string of the molecule is CCCCCC[C@@H]1CO[C@H](c2ccccc2)[C@@H](c2ccccc2)O1. The molecule has 2 nitrogen and oxygen atoms in total. The largest absolute Gasteiger partial charge is 0.368 e. The lowest BCUT2D eigenvalue weighted by molar-refractivity contribution is -0.188. The van der Waals surface area contributed by atoms with Crippen LogP contribution >= 0.6 is 0 Å². The maximum atomic E-state index is 6.49. The lowest BCUT2D eigenvalue weighted by atomic mass is 9.96. The fourth-order valence-corrected chi connectivity index (χ4v) is 3.38. The van der Waals surface area contributed by atoms with Gasteiger partial charge in [-0.2, -0.15) is 0 Å². The molecule has 1 aliphatic rings. The van der Waals surface area contributed by atoms with Crippen molar-refractivity contribution in [2.24, 2.45) is 0 Å². The number of unbranched alkanes of at least 4 members (excludes halogenated alkanes) is 3. The van der Waals surface area contributed by atoms with E-state index in [-0.39, 0.29) is 18.3 Å². The van der Waals surface area contributed by atoms with Crippen molar-refractivity contribution in [3.05, 3.63) is 71.8 Å². The normalized spacial score (nSPS) is 24.0. The predicted octanol–water partition coefficient (Wildman–Crippen LogP) is 5.85. The highest BCUT2D eigenvalue weighted by atomic mass is 16.6. The maximum Gasteiger partial charge on any atom is 0.113 e. The highest BCUT2D eigenvalue weighted by molar-refractivity contribution is 5.25. The summed E-state index contributed by atoms with van der Waals surface area (Å²) < 4.78 is 12.8. The van der Waals surface area contributed by atoms with Crippen LogP contribution in [-0.4, -0.2) is 12.7 Å². The number of hydrogen-bond donors (Lipinski definition) is 0. The third-order valence-electron chi connectivity index (χ3n) is 4.71. The van der Waals surface area contributed by atoms with Crippen LogP contribution in [0.4, 0.5) is 0 Å². The Balaban J connectivity index is 1.71. The minimum atomic E-state index is -0.0291. The predicted molar refractivity (Wildman–Crippen MR) is 98.0 cm³/mol. The van der Waals surface area contributed by atoms with Gasteiger partial charge in [-0.25, -0.2) is 0 Å². The van der Waals surface area contributed by atoms with Crippen LogP contribution in [0.2, 0.25) is 0 Å². The molecule has 0 unspecified atom stereocenters. The van der Waals surface area contributed by atoms with Crippen molar-refractivity contribution in [2.75, 3.05) is 6.61 Å². The van der Waals surface area contributed by atoms with E-state index in [0.717, 1.165) is 6.42 Å². The van der Waals surface area contributed by atoms with Crippen LogP contribution in [0.25, 0.3) is 0 Å². The van der Waals surface area contributed by atoms with Gasteiger partial charge in [0.1, 0.15) is 12.2 Å². The lowest BCUT2D eigenvalue weighted by Crippen LogP contribution is -2.33. The van der Waals surface area contributed by atoms with Crippen LogP contribution in [0.1, 0.15) is 62.4 Å². The molecule has 128 valence electrons. The topological polar surface area (TPSA) is 18.5 Å². The van der Waals surface area contributed by atoms with E-state index in [2.05, 4.69) is 55.5 Å². The molecule has 2 aromatic carbocycles. The molecular weight excluding hydrogens is 296 g/mol. The third-order valence-corrected chi connectivity index (χ3v) is 4.71. The first kappa shape index (κ1) is 17.2. The molecule has 2 aromatic rings. The van der Waals surface area contributed by atoms with Crippen molar-refractivity contribution in [1.82, 2.24) is 0 Å². The lowest BCUT2D eigenvalue weighted by Gasteiger charge is -2.37. The summed E-state index contributed by atoms with van der Waals surface area (Å²) in [5.41, 5.74) is 2.39. The van der Waals surface area contributed by atoms with Crippen molar-refractivity contribution in [1.29, 1.82) is 0 Å². The smallest absolute Gasteiger partial charge is 0.113 e. The van der Waals surface area contributed by atoms with Crippen molar-refractivity contribution < 1.29 is 9.47 Å². The number of ether oxygens (including phenoxy) is 2. The summed E-state index contributed by atoms with van der Waals surface area (Å²) in [7, 11) is 0. The van der Waals surface area contributed by atoms with E-state index in [9.17, 15) is 0 Å². The molecule has 3 rings (SSSR count). The van der Waals surface area contributed by atoms with E-state index in [1.165, 1.54) is 36.8 Å². The summed E-state index contributed by atoms with van der Waals surface area (Å²) in [5, 5.41) is 0. The molecule has 0 radical (unpaired) electrons. The van der Waals surface area contributed by atoms with Crippen molar-refractivity contribution >= 4 is 0 Å². The second kappa shape index (κ2) is 9.00. The highest BCUT2D eigenvalue weighted by Crippen LogP contribution is 2.40. The van der Waals surface area contributed by atoms with Crippen molar-refractivity contribution in [3.63, 3.8) is 0 Å². The van der Waals surface area contributed by atoms with Gasteiger partial charge in [0.15, 0.2) is 0 Å². The van der Waals surface area contributed by atoms with Gasteiger partial charge in [0.25, 0.3) is 0 Å². The maximum absolute atomic E-state index is 6.49. The van der Waals surface area contributed by atoms with E-state index >= 15 is 0 Å². The van der Waals surface area contributed by atoms with E-state index in [0.29, 0.717) is 6.61 Å². The number of rotatable bonds is 7. The molecule has 0 bridgehead atoms. The van der Waals surface area contributed by atoms with Crippen LogP contribution < -0.4 is 0 Å². The van der Waals surface area contributed by atoms with Crippen LogP contribution in [-0.2, 0) is 9.47 Å². The first-order valence-corrected chi connectivity index (χ1v) is 9.25. The van der Waals surface area contributed by atoms with E-state index < -0.39 is 0 Å². The molecule has 0 saturated carbocycles. The Morgan fingerprint density at radius 1 is 0.792 bits per heavy atom. The minimum Gasteiger partial charge on any atom is -0.368 e. The van der Waals surface area contributed by atoms with Crippen LogP contribution in [0.15, 0.2) is 60.7 Å². The number of hydrogen-bond acceptors (Lipinski definition) is 2. The third kappa shape index (κ3) is 4.46. The van der Waals surface area contributed by atoms with Crippen molar-refractivity contribution in [3.8, 4) is 0 Å². The second-order valence-electron chi connectivity index (χ2n) is 6.60. The monoisotopic (exact) mass is 324 g/mol. The first-order chi connectivity index (χ1) is 11.9. The van der Waals surface area contributed by atoms with Gasteiger partial charge in [0.2, 0.25) is 0 Å². The van der Waals surface area contributed by atoms with Crippen molar-refractivity contribution in [2.45, 2.75) is 57.3 Å². The molecule has 3 atom stereocenters. The molecule has 24 heavy (non-hydrogen) atoms. The zero-order valence-electron chi connectivity index (χ0n) is 14.6. The van der Waals surface area contributed by atoms with E-state index in [1.807, 2.05) is 12.1 Å². The highest BCUT2D eigenvalue weighted by Gasteiger charge is 2.33. The Hall–Kier alpha value is -1.64. The zero-order chi connectivity index (χ0) is 16.6. The Morgan fingerprint density at radius 3 is 2.04 bits per heavy atom. The van der Waals surface area contributed by atoms with Gasteiger partial charge in [-0.15, -0.1) is 0 Å². The Morgan fingerprint density at radius 2 is 1.42 bits per heavy atom. The van der Waals surface area contributed by atoms with Gasteiger partial charge < -0.3 is 9.47 Å². The fraction of sp³-hybridized carbons (Fsp3) is 0.455. The van der Waals surface area contributed by atoms with Gasteiger partial charge in [-0.3, -0.25) is 0 Å². The van der Waals surface area contributed by atoms with E-state index in [4.69, 9.17) is 9.47 Å². The molecule has 0 spiro atoms. The quantitative estimate of drug-likeness (QED) is 0.594. The minimum absolute atomic E-state index is 0.0273. The zero-order valence-corrected chi connectivity index (χ0v) is 14.6. The molecule has 1 saturated heterocycles. The van der Waals surface area contributed by atoms with Crippen LogP contribution in [0.5, 0.6) is 0 Å². The summed E-state index contributed by atoms with van der Waals surface area (Å²) >= 11 is 0. The molecule has 1 aliphatic heterocycles. The molecule has 2 heteroatoms. The number of benzene rings is 2. The molecule has 0 amide bonds. The van der Waals surface area contributed by atoms with Gasteiger partial charge >= 0.3 is 0 Å². The molecule has 0 aromatic heterocycles. The fourth-order valence-electron chi connectivity index (χ4n) is 3.38. The summed E-state index contributed by atoms with van der Waals surface area (Å²) in [4.78, 5) is 0. The molecule has 0 N–H and O–H groups in total. The molecule has 0 aliphatic carbocycles. The summed E-state index contributed by atoms with van der Waals surface area (Å²) in [5.74, 6) is 0. The van der Waals surface area contributed by atoms with Gasteiger partial charge in [-0.05, 0) is 17.5 Å². The molecule has 1 fully saturated rings. The van der Waals surface area contributed by atoms with Gasteiger partial charge in [0.05, 0.1) is 12.7 Å². The Kier molecular flexibility index (Phi) is 6.45. The van der Waals surface area contributed by atoms with Gasteiger partial charge in [0, 0.05) is 0 Å². The average molecular weight is 324 g/mol. The standard InChI is InChI=1S/C22H28O2/c1-2-3-4-11-16-20-17-23-21(18-12-7-5-8-13-18)22(24-20)19-14-9-6-10-15-19/h5-10,12-15,20-22H,2-4,11,16-17H2,1H3/t20-,21-,22-/m1/s1. The summed E-state index contributed by atoms with van der Waals surface area (Å²) in [6.45, 7) is 2.94. The Bertz CT molecular complexity index is 581. The van der Waals surface area contributed by atoms with Crippen LogP contribution in [0.3, 0.4) is 0 Å². The molecular formula is C22H28O2. The van der Waals surface area contributed by atoms with Crippen LogP contribution in [0, 0.1) is 0 Å². The van der Waals surface area contributed by atoms with Gasteiger partial charge in [-0.1, -0.05) is 93.3 Å². The Labute approximate surface area is 145 Å². The average Bonchev–Trinajstić information content (AvgIpc) is 2.66. The van der Waals surface area contributed by atoms with E-state index in [1.54, 1.807) is 0 Å². The summed E-state index contributed by atoms with van der Waals surface area (Å²) in [6, 6.07) is 20.9.